The van der Waals surface area contributed by atoms with Gasteiger partial charge in [0.25, 0.3) is 0 Å². The van der Waals surface area contributed by atoms with E-state index < -0.39 is 0 Å². The van der Waals surface area contributed by atoms with Gasteiger partial charge >= 0.3 is 0 Å². The third-order valence-corrected chi connectivity index (χ3v) is 5.27. The van der Waals surface area contributed by atoms with Gasteiger partial charge in [-0.1, -0.05) is 6.92 Å². The molecule has 2 aromatic heterocycles. The molecule has 0 saturated heterocycles. The molecule has 0 aliphatic heterocycles. The number of amidine groups is 1. The number of hydroxylamine groups is 1. The topological polar surface area (TPSA) is 84.6 Å². The fourth-order valence-electron chi connectivity index (χ4n) is 3.52. The van der Waals surface area contributed by atoms with Gasteiger partial charge in [0.2, 0.25) is 5.88 Å². The van der Waals surface area contributed by atoms with Crippen molar-refractivity contribution in [3.8, 4) is 17.3 Å². The van der Waals surface area contributed by atoms with Gasteiger partial charge in [0, 0.05) is 35.9 Å². The lowest BCUT2D eigenvalue weighted by atomic mass is 9.88. The molecule has 3 aromatic rings. The highest BCUT2D eigenvalue weighted by atomic mass is 16.5. The van der Waals surface area contributed by atoms with Crippen LogP contribution >= 0.6 is 0 Å². The quantitative estimate of drug-likeness (QED) is 0.383. The summed E-state index contributed by atoms with van der Waals surface area (Å²) in [5.41, 5.74) is 3.96. The van der Waals surface area contributed by atoms with Crippen molar-refractivity contribution in [2.45, 2.75) is 38.6 Å². The number of aromatic nitrogens is 3. The molecule has 0 amide bonds. The second-order valence-electron chi connectivity index (χ2n) is 7.45. The van der Waals surface area contributed by atoms with Crippen molar-refractivity contribution in [1.82, 2.24) is 20.0 Å². The van der Waals surface area contributed by atoms with Gasteiger partial charge in [-0.25, -0.2) is 9.97 Å². The molecule has 29 heavy (non-hydrogen) atoms. The smallest absolute Gasteiger partial charge is 0.219 e. The molecule has 2 heterocycles. The van der Waals surface area contributed by atoms with Crippen molar-refractivity contribution in [3.63, 3.8) is 0 Å². The van der Waals surface area contributed by atoms with Crippen LogP contribution in [-0.2, 0) is 0 Å². The van der Waals surface area contributed by atoms with Crippen molar-refractivity contribution in [1.29, 1.82) is 0 Å². The van der Waals surface area contributed by atoms with Gasteiger partial charge in [-0.3, -0.25) is 15.7 Å². The molecular formula is C22H25N5O2. The lowest BCUT2D eigenvalue weighted by Gasteiger charge is -2.23. The lowest BCUT2D eigenvalue weighted by Crippen LogP contribution is -2.25. The third-order valence-electron chi connectivity index (χ3n) is 5.27. The number of ether oxygens (including phenoxy) is 1. The Morgan fingerprint density at radius 1 is 1.14 bits per heavy atom. The molecule has 0 spiro atoms. The number of pyridine rings is 1. The molecule has 0 atom stereocenters. The number of imidazole rings is 1. The normalized spacial score (nSPS) is 19.7. The number of nitrogens with zero attached hydrogens (tertiary/aromatic N) is 4. The van der Waals surface area contributed by atoms with Crippen LogP contribution in [0.1, 0.15) is 38.2 Å². The zero-order chi connectivity index (χ0) is 20.1. The summed E-state index contributed by atoms with van der Waals surface area (Å²) in [6.45, 7) is 2.28. The maximum atomic E-state index is 9.52. The average molecular weight is 391 g/mol. The van der Waals surface area contributed by atoms with E-state index in [4.69, 9.17) is 4.74 Å². The van der Waals surface area contributed by atoms with E-state index in [-0.39, 0.29) is 6.04 Å². The zero-order valence-electron chi connectivity index (χ0n) is 16.4. The van der Waals surface area contributed by atoms with E-state index >= 15 is 0 Å². The summed E-state index contributed by atoms with van der Waals surface area (Å²) in [7, 11) is 0. The van der Waals surface area contributed by atoms with Crippen LogP contribution in [0.3, 0.4) is 0 Å². The summed E-state index contributed by atoms with van der Waals surface area (Å²) in [5.74, 6) is 2.39. The second kappa shape index (κ2) is 8.87. The van der Waals surface area contributed by atoms with Crippen molar-refractivity contribution in [2.75, 3.05) is 0 Å². The molecule has 7 nitrogen and oxygen atoms in total. The minimum atomic E-state index is 0.241. The number of benzene rings is 1. The molecule has 0 unspecified atom stereocenters. The largest absolute Gasteiger partial charge is 0.439 e. The van der Waals surface area contributed by atoms with Crippen LogP contribution in [0.25, 0.3) is 5.69 Å². The van der Waals surface area contributed by atoms with Crippen LogP contribution < -0.4 is 10.2 Å². The second-order valence-corrected chi connectivity index (χ2v) is 7.45. The van der Waals surface area contributed by atoms with Crippen LogP contribution in [0.5, 0.6) is 11.6 Å². The number of aliphatic imine (C=N–C) groups is 1. The Morgan fingerprint density at radius 2 is 1.93 bits per heavy atom. The molecule has 2 N–H and O–H groups in total. The van der Waals surface area contributed by atoms with E-state index in [0.717, 1.165) is 30.0 Å². The maximum absolute atomic E-state index is 9.52. The predicted octanol–water partition coefficient (Wildman–Crippen LogP) is 4.36. The van der Waals surface area contributed by atoms with Crippen molar-refractivity contribution < 1.29 is 9.94 Å². The van der Waals surface area contributed by atoms with Crippen LogP contribution in [0, 0.1) is 5.92 Å². The van der Waals surface area contributed by atoms with Crippen molar-refractivity contribution in [2.24, 2.45) is 10.9 Å². The minimum Gasteiger partial charge on any atom is -0.439 e. The summed E-state index contributed by atoms with van der Waals surface area (Å²) in [6.07, 6.45) is 11.5. The first-order chi connectivity index (χ1) is 14.2. The molecule has 1 aliphatic carbocycles. The molecule has 7 heteroatoms. The number of rotatable bonds is 5. The molecular weight excluding hydrogens is 366 g/mol. The number of hydrogen-bond donors (Lipinski definition) is 2. The van der Waals surface area contributed by atoms with Gasteiger partial charge in [0.15, 0.2) is 5.84 Å². The van der Waals surface area contributed by atoms with E-state index in [1.54, 1.807) is 24.8 Å². The molecule has 0 radical (unpaired) electrons. The molecule has 1 aliphatic rings. The number of hydrogen-bond acceptors (Lipinski definition) is 5. The Morgan fingerprint density at radius 3 is 2.55 bits per heavy atom. The Bertz CT molecular complexity index is 928. The Kier molecular flexibility index (Phi) is 5.86. The van der Waals surface area contributed by atoms with E-state index in [1.165, 1.54) is 12.8 Å². The summed E-state index contributed by atoms with van der Waals surface area (Å²) in [4.78, 5) is 13.1. The first kappa shape index (κ1) is 19.1. The molecule has 150 valence electrons. The molecule has 1 aromatic carbocycles. The maximum Gasteiger partial charge on any atom is 0.219 e. The SMILES string of the molecule is CC1CCC(N=C(NO)c2ccc(Oc3ccc(-n4ccnc4)cc3)nc2)CC1. The van der Waals surface area contributed by atoms with E-state index in [9.17, 15) is 5.21 Å². The Hall–Kier alpha value is -3.19. The summed E-state index contributed by atoms with van der Waals surface area (Å²) < 4.78 is 7.75. The van der Waals surface area contributed by atoms with Gasteiger partial charge in [-0.2, -0.15) is 0 Å². The molecule has 4 rings (SSSR count). The Labute approximate surface area is 170 Å². The van der Waals surface area contributed by atoms with Gasteiger partial charge in [-0.05, 0) is 61.9 Å². The van der Waals surface area contributed by atoms with Crippen LogP contribution in [0.15, 0.2) is 66.3 Å². The molecule has 0 bridgehead atoms. The van der Waals surface area contributed by atoms with Gasteiger partial charge < -0.3 is 9.30 Å². The average Bonchev–Trinajstić information content (AvgIpc) is 3.30. The highest BCUT2D eigenvalue weighted by molar-refractivity contribution is 5.97. The van der Waals surface area contributed by atoms with E-state index in [0.29, 0.717) is 17.5 Å². The van der Waals surface area contributed by atoms with Crippen LogP contribution in [0.4, 0.5) is 0 Å². The summed E-state index contributed by atoms with van der Waals surface area (Å²) >= 11 is 0. The first-order valence-electron chi connectivity index (χ1n) is 9.92. The summed E-state index contributed by atoms with van der Waals surface area (Å²) in [6, 6.07) is 11.5. The third kappa shape index (κ3) is 4.81. The van der Waals surface area contributed by atoms with Gasteiger partial charge in [-0.15, -0.1) is 0 Å². The number of nitrogens with one attached hydrogen (secondary N) is 1. The molecule has 1 saturated carbocycles. The fourth-order valence-corrected chi connectivity index (χ4v) is 3.52. The van der Waals surface area contributed by atoms with E-state index in [1.807, 2.05) is 41.1 Å². The zero-order valence-corrected chi connectivity index (χ0v) is 16.4. The molecule has 1 fully saturated rings. The van der Waals surface area contributed by atoms with Crippen molar-refractivity contribution in [3.05, 3.63) is 66.9 Å². The highest BCUT2D eigenvalue weighted by Crippen LogP contribution is 2.26. The van der Waals surface area contributed by atoms with Crippen LogP contribution in [-0.4, -0.2) is 31.6 Å². The Balaban J connectivity index is 1.41. The van der Waals surface area contributed by atoms with Gasteiger partial charge in [0.05, 0.1) is 12.4 Å². The fraction of sp³-hybridized carbons (Fsp3) is 0.318. The van der Waals surface area contributed by atoms with Gasteiger partial charge in [0.1, 0.15) is 5.75 Å². The lowest BCUT2D eigenvalue weighted by molar-refractivity contribution is 0.233. The van der Waals surface area contributed by atoms with Crippen LogP contribution in [0.2, 0.25) is 0 Å². The van der Waals surface area contributed by atoms with E-state index in [2.05, 4.69) is 27.4 Å². The predicted molar refractivity (Wildman–Crippen MR) is 111 cm³/mol. The summed E-state index contributed by atoms with van der Waals surface area (Å²) in [5, 5.41) is 9.52. The minimum absolute atomic E-state index is 0.241. The van der Waals surface area contributed by atoms with Crippen molar-refractivity contribution >= 4 is 5.84 Å². The monoisotopic (exact) mass is 391 g/mol. The first-order valence-corrected chi connectivity index (χ1v) is 9.92. The highest BCUT2D eigenvalue weighted by Gasteiger charge is 2.18. The standard InChI is InChI=1S/C22H25N5O2/c1-16-2-5-18(6-3-16)25-22(26-28)17-4-11-21(24-14-17)29-20-9-7-19(8-10-20)27-13-12-23-15-27/h4,7-16,18,28H,2-3,5-6H2,1H3,(H,25,26).